The van der Waals surface area contributed by atoms with Crippen LogP contribution in [-0.2, 0) is 10.2 Å². The van der Waals surface area contributed by atoms with Gasteiger partial charge >= 0.3 is 0 Å². The number of nitrogens with zero attached hydrogens (tertiary/aromatic N) is 3. The highest BCUT2D eigenvalue weighted by molar-refractivity contribution is 7.99. The first-order chi connectivity index (χ1) is 14.7. The van der Waals surface area contributed by atoms with Crippen LogP contribution in [0.15, 0.2) is 53.7 Å². The van der Waals surface area contributed by atoms with E-state index in [0.29, 0.717) is 22.2 Å². The van der Waals surface area contributed by atoms with Crippen molar-refractivity contribution in [1.82, 2.24) is 20.2 Å². The molecule has 1 aromatic heterocycles. The van der Waals surface area contributed by atoms with Gasteiger partial charge in [-0.05, 0) is 29.2 Å². The van der Waals surface area contributed by atoms with Crippen LogP contribution in [0, 0.1) is 0 Å². The minimum absolute atomic E-state index is 0.0587. The van der Waals surface area contributed by atoms with Gasteiger partial charge in [-0.2, -0.15) is 0 Å². The number of thioether (sulfide) groups is 1. The van der Waals surface area contributed by atoms with E-state index in [-0.39, 0.29) is 23.0 Å². The van der Waals surface area contributed by atoms with E-state index in [4.69, 9.17) is 5.84 Å². The lowest BCUT2D eigenvalue weighted by Gasteiger charge is -2.19. The highest BCUT2D eigenvalue weighted by Gasteiger charge is 2.17. The number of hydrogen-bond acceptors (Lipinski definition) is 6. The van der Waals surface area contributed by atoms with Gasteiger partial charge in [0.15, 0.2) is 5.82 Å². The zero-order valence-corrected chi connectivity index (χ0v) is 18.8. The van der Waals surface area contributed by atoms with Crippen LogP contribution in [-0.4, -0.2) is 39.5 Å². The fourth-order valence-corrected chi connectivity index (χ4v) is 3.56. The largest absolute Gasteiger partial charge is 0.355 e. The fraction of sp³-hybridized carbons (Fsp3) is 0.273. The predicted molar refractivity (Wildman–Crippen MR) is 123 cm³/mol. The molecular weight excluding hydrogens is 412 g/mol. The summed E-state index contributed by atoms with van der Waals surface area (Å²) in [6.45, 7) is 6.46. The van der Waals surface area contributed by atoms with Crippen molar-refractivity contribution in [2.75, 3.05) is 24.0 Å². The van der Waals surface area contributed by atoms with E-state index in [0.717, 1.165) is 5.56 Å². The topological polar surface area (TPSA) is 115 Å². The van der Waals surface area contributed by atoms with Gasteiger partial charge in [0, 0.05) is 23.9 Å². The first kappa shape index (κ1) is 22.4. The molecule has 9 heteroatoms. The number of carbonyl (C=O) groups is 2. The van der Waals surface area contributed by atoms with E-state index in [1.54, 1.807) is 31.3 Å². The Labute approximate surface area is 185 Å². The highest BCUT2D eigenvalue weighted by atomic mass is 32.2. The molecule has 0 saturated heterocycles. The lowest BCUT2D eigenvalue weighted by atomic mass is 9.87. The molecule has 2 amide bonds. The molecule has 0 radical (unpaired) electrons. The number of amides is 2. The second-order valence-corrected chi connectivity index (χ2v) is 8.94. The summed E-state index contributed by atoms with van der Waals surface area (Å²) >= 11 is 1.19. The Morgan fingerprint density at radius 1 is 1.10 bits per heavy atom. The molecule has 0 bridgehead atoms. The summed E-state index contributed by atoms with van der Waals surface area (Å²) in [6.07, 6.45) is 0. The van der Waals surface area contributed by atoms with Crippen LogP contribution in [0.3, 0.4) is 0 Å². The van der Waals surface area contributed by atoms with Crippen LogP contribution in [0.2, 0.25) is 0 Å². The maximum Gasteiger partial charge on any atom is 0.251 e. The number of rotatable bonds is 6. The van der Waals surface area contributed by atoms with Gasteiger partial charge in [0.2, 0.25) is 11.1 Å². The Morgan fingerprint density at radius 2 is 1.81 bits per heavy atom. The third kappa shape index (κ3) is 5.43. The van der Waals surface area contributed by atoms with E-state index >= 15 is 0 Å². The van der Waals surface area contributed by atoms with Gasteiger partial charge in [-0.15, -0.1) is 10.2 Å². The van der Waals surface area contributed by atoms with Crippen LogP contribution in [0.25, 0.3) is 11.4 Å². The Morgan fingerprint density at radius 3 is 2.45 bits per heavy atom. The quantitative estimate of drug-likeness (QED) is 0.402. The number of carbonyl (C=O) groups excluding carboxylic acids is 2. The maximum atomic E-state index is 12.3. The molecule has 0 unspecified atom stereocenters. The van der Waals surface area contributed by atoms with Crippen LogP contribution in [0.5, 0.6) is 0 Å². The van der Waals surface area contributed by atoms with Gasteiger partial charge in [0.1, 0.15) is 0 Å². The molecule has 0 fully saturated rings. The third-order valence-electron chi connectivity index (χ3n) is 4.64. The Hall–Kier alpha value is -3.33. The summed E-state index contributed by atoms with van der Waals surface area (Å²) < 4.78 is 1.39. The summed E-state index contributed by atoms with van der Waals surface area (Å²) in [5, 5.41) is 14.0. The van der Waals surface area contributed by atoms with E-state index in [1.165, 1.54) is 22.0 Å². The van der Waals surface area contributed by atoms with E-state index in [1.807, 2.05) is 12.1 Å². The van der Waals surface area contributed by atoms with Gasteiger partial charge < -0.3 is 16.5 Å². The number of nitrogen functional groups attached to an aromatic ring is 1. The predicted octanol–water partition coefficient (Wildman–Crippen LogP) is 3.05. The molecule has 0 saturated carbocycles. The molecule has 8 nitrogen and oxygen atoms in total. The molecular formula is C22H26N6O2S. The molecule has 0 aliphatic rings. The van der Waals surface area contributed by atoms with Crippen LogP contribution < -0.4 is 16.5 Å². The zero-order valence-electron chi connectivity index (χ0n) is 18.0. The van der Waals surface area contributed by atoms with Crippen molar-refractivity contribution in [3.63, 3.8) is 0 Å². The standard InChI is InChI=1S/C22H26N6O2S/c1-22(2,3)16-10-8-14(9-11-16)19-26-27-21(28(19)23)31-13-18(29)25-17-7-5-6-15(12-17)20(30)24-4/h5-12H,13,23H2,1-4H3,(H,24,30)(H,25,29). The highest BCUT2D eigenvalue weighted by Crippen LogP contribution is 2.26. The third-order valence-corrected chi connectivity index (χ3v) is 5.58. The smallest absolute Gasteiger partial charge is 0.251 e. The molecule has 0 spiro atoms. The van der Waals surface area contributed by atoms with Gasteiger partial charge in [0.25, 0.3) is 5.91 Å². The van der Waals surface area contributed by atoms with Crippen molar-refractivity contribution in [3.8, 4) is 11.4 Å². The minimum Gasteiger partial charge on any atom is -0.355 e. The average Bonchev–Trinajstić information content (AvgIpc) is 3.11. The minimum atomic E-state index is -0.238. The lowest BCUT2D eigenvalue weighted by molar-refractivity contribution is -0.113. The fourth-order valence-electron chi connectivity index (χ4n) is 2.90. The summed E-state index contributed by atoms with van der Waals surface area (Å²) in [7, 11) is 1.56. The monoisotopic (exact) mass is 438 g/mol. The summed E-state index contributed by atoms with van der Waals surface area (Å²) in [6, 6.07) is 14.8. The average molecular weight is 439 g/mol. The molecule has 0 aliphatic carbocycles. The molecule has 0 aliphatic heterocycles. The number of anilines is 1. The van der Waals surface area contributed by atoms with Crippen molar-refractivity contribution in [3.05, 3.63) is 59.7 Å². The molecule has 1 heterocycles. The van der Waals surface area contributed by atoms with E-state index in [2.05, 4.69) is 53.7 Å². The van der Waals surface area contributed by atoms with Crippen molar-refractivity contribution in [2.45, 2.75) is 31.3 Å². The van der Waals surface area contributed by atoms with Crippen LogP contribution in [0.1, 0.15) is 36.7 Å². The first-order valence-corrected chi connectivity index (χ1v) is 10.7. The summed E-state index contributed by atoms with van der Waals surface area (Å²) in [5.74, 6) is 6.33. The summed E-state index contributed by atoms with van der Waals surface area (Å²) in [4.78, 5) is 24.1. The Kier molecular flexibility index (Phi) is 6.65. The van der Waals surface area contributed by atoms with Gasteiger partial charge in [-0.3, -0.25) is 9.59 Å². The molecule has 31 heavy (non-hydrogen) atoms. The number of hydrogen-bond donors (Lipinski definition) is 3. The second-order valence-electron chi connectivity index (χ2n) is 8.00. The van der Waals surface area contributed by atoms with Crippen LogP contribution >= 0.6 is 11.8 Å². The molecule has 162 valence electrons. The van der Waals surface area contributed by atoms with Gasteiger partial charge in [-0.25, -0.2) is 4.68 Å². The Bertz CT molecular complexity index is 1090. The molecule has 3 aromatic rings. The maximum absolute atomic E-state index is 12.3. The second kappa shape index (κ2) is 9.22. The number of aromatic nitrogens is 3. The summed E-state index contributed by atoms with van der Waals surface area (Å²) in [5.41, 5.74) is 3.14. The molecule has 2 aromatic carbocycles. The Balaban J connectivity index is 1.64. The van der Waals surface area contributed by atoms with Gasteiger partial charge in [0.05, 0.1) is 5.75 Å². The SMILES string of the molecule is CNC(=O)c1cccc(NC(=O)CSc2nnc(-c3ccc(C(C)(C)C)cc3)n2N)c1. The van der Waals surface area contributed by atoms with E-state index in [9.17, 15) is 9.59 Å². The zero-order chi connectivity index (χ0) is 22.6. The number of nitrogens with one attached hydrogen (secondary N) is 2. The first-order valence-electron chi connectivity index (χ1n) is 9.75. The van der Waals surface area contributed by atoms with Crippen molar-refractivity contribution < 1.29 is 9.59 Å². The molecule has 4 N–H and O–H groups in total. The van der Waals surface area contributed by atoms with Crippen LogP contribution in [0.4, 0.5) is 5.69 Å². The van der Waals surface area contributed by atoms with Crippen molar-refractivity contribution in [2.24, 2.45) is 0 Å². The normalized spacial score (nSPS) is 11.2. The number of benzene rings is 2. The van der Waals surface area contributed by atoms with Crippen molar-refractivity contribution in [1.29, 1.82) is 0 Å². The van der Waals surface area contributed by atoms with E-state index < -0.39 is 0 Å². The molecule has 0 atom stereocenters. The van der Waals surface area contributed by atoms with Crippen molar-refractivity contribution >= 4 is 29.3 Å². The molecule has 3 rings (SSSR count). The lowest BCUT2D eigenvalue weighted by Crippen LogP contribution is -2.19. The number of nitrogens with two attached hydrogens (primary N) is 1. The van der Waals surface area contributed by atoms with Gasteiger partial charge in [-0.1, -0.05) is 62.9 Å².